The van der Waals surface area contributed by atoms with E-state index >= 15 is 0 Å². The van der Waals surface area contributed by atoms with Gasteiger partial charge >= 0.3 is 0 Å². The van der Waals surface area contributed by atoms with Crippen molar-refractivity contribution < 1.29 is 0 Å². The van der Waals surface area contributed by atoms with Gasteiger partial charge in [0.15, 0.2) is 0 Å². The summed E-state index contributed by atoms with van der Waals surface area (Å²) in [5, 5.41) is 7.98. The second kappa shape index (κ2) is 12.0. The van der Waals surface area contributed by atoms with Crippen molar-refractivity contribution in [3.63, 3.8) is 0 Å². The number of fused-ring (bicyclic) bond motifs is 8. The Balaban J connectivity index is 1.03. The predicted octanol–water partition coefficient (Wildman–Crippen LogP) is 6.22. The molecular weight excluding hydrogens is 532 g/mol. The van der Waals surface area contributed by atoms with Crippen molar-refractivity contribution in [3.8, 4) is 0 Å². The zero-order valence-corrected chi connectivity index (χ0v) is 26.4. The Bertz CT molecular complexity index is 1500. The fourth-order valence-corrected chi connectivity index (χ4v) is 8.92. The standard InChI is InChI=1S/C37H48N4O2/c1-5-28-26-18-24(3)22-36(28,30-12-14-34(42)40-32(30)20-26)38-16-10-8-7-9-11-17-39-37-23-25(4)19-27(29(37)6-2)21-33-31(37)13-15-35(43)41-33/h5-6,12-15,18-19,26-27,38-39H,7-11,16-17,20-23H2,1-4H3,(H,40,42)(H,41,43)/b28-5+,29-6+/t26-,27-,36+,37+/m1/s1. The molecule has 0 aromatic carbocycles. The van der Waals surface area contributed by atoms with Crippen molar-refractivity contribution in [1.82, 2.24) is 20.6 Å². The first-order valence-corrected chi connectivity index (χ1v) is 16.4. The van der Waals surface area contributed by atoms with Crippen molar-refractivity contribution in [2.45, 2.75) is 96.6 Å². The van der Waals surface area contributed by atoms with Crippen LogP contribution in [0.25, 0.3) is 0 Å². The van der Waals surface area contributed by atoms with E-state index in [1.807, 2.05) is 0 Å². The molecule has 0 saturated heterocycles. The maximum Gasteiger partial charge on any atom is 0.248 e. The summed E-state index contributed by atoms with van der Waals surface area (Å²) in [7, 11) is 0. The molecule has 4 bridgehead atoms. The Morgan fingerprint density at radius 3 is 1.53 bits per heavy atom. The summed E-state index contributed by atoms with van der Waals surface area (Å²) in [5.74, 6) is 0.698. The highest BCUT2D eigenvalue weighted by Gasteiger charge is 2.47. The maximum atomic E-state index is 12.1. The molecule has 0 fully saturated rings. The number of aromatic nitrogens is 2. The largest absolute Gasteiger partial charge is 0.326 e. The topological polar surface area (TPSA) is 89.8 Å². The maximum absolute atomic E-state index is 12.1. The minimum Gasteiger partial charge on any atom is -0.326 e. The van der Waals surface area contributed by atoms with Crippen LogP contribution < -0.4 is 21.8 Å². The van der Waals surface area contributed by atoms with E-state index in [0.717, 1.165) is 63.0 Å². The lowest BCUT2D eigenvalue weighted by Gasteiger charge is -2.48. The van der Waals surface area contributed by atoms with Crippen LogP contribution in [-0.2, 0) is 23.9 Å². The van der Waals surface area contributed by atoms with Gasteiger partial charge in [-0.1, -0.05) is 54.7 Å². The normalized spacial score (nSPS) is 29.2. The van der Waals surface area contributed by atoms with E-state index in [1.54, 1.807) is 12.1 Å². The Kier molecular flexibility index (Phi) is 8.36. The average Bonchev–Trinajstić information content (AvgIpc) is 2.95. The molecule has 0 radical (unpaired) electrons. The van der Waals surface area contributed by atoms with Crippen molar-refractivity contribution in [1.29, 1.82) is 0 Å². The number of allylic oxidation sites excluding steroid dienone is 4. The number of hydrogen-bond acceptors (Lipinski definition) is 4. The van der Waals surface area contributed by atoms with Gasteiger partial charge in [0, 0.05) is 35.4 Å². The Labute approximate surface area is 255 Å². The van der Waals surface area contributed by atoms with Gasteiger partial charge in [-0.05, 0) is 114 Å². The lowest BCUT2D eigenvalue weighted by Crippen LogP contribution is -2.52. The van der Waals surface area contributed by atoms with Crippen LogP contribution in [0.2, 0.25) is 0 Å². The van der Waals surface area contributed by atoms with Crippen molar-refractivity contribution in [2.24, 2.45) is 11.8 Å². The highest BCUT2D eigenvalue weighted by Crippen LogP contribution is 2.50. The number of nitrogens with one attached hydrogen (secondary N) is 4. The fraction of sp³-hybridized carbons (Fsp3) is 0.514. The highest BCUT2D eigenvalue weighted by atomic mass is 16.1. The summed E-state index contributed by atoms with van der Waals surface area (Å²) in [6.45, 7) is 10.7. The van der Waals surface area contributed by atoms with Crippen LogP contribution in [0.4, 0.5) is 0 Å². The summed E-state index contributed by atoms with van der Waals surface area (Å²) in [6.07, 6.45) is 18.9. The zero-order chi connectivity index (χ0) is 30.2. The molecule has 4 aliphatic rings. The molecule has 2 aromatic heterocycles. The van der Waals surface area contributed by atoms with Gasteiger partial charge in [0.05, 0.1) is 11.1 Å². The second-order valence-electron chi connectivity index (χ2n) is 13.4. The van der Waals surface area contributed by atoms with Crippen molar-refractivity contribution in [2.75, 3.05) is 13.1 Å². The SMILES string of the molecule is C/C=C1\[C@@H]2C=C(C)C[C@@]1(NCCCCCCCN[C@]13CC(C)=C[C@H](Cc4[nH]c(=O)ccc41)/C3=C\C)c1ccc(=O)[nH]c1C2. The number of aromatic amines is 2. The van der Waals surface area contributed by atoms with Gasteiger partial charge in [-0.15, -0.1) is 0 Å². The van der Waals surface area contributed by atoms with Crippen LogP contribution in [0.15, 0.2) is 80.5 Å². The first kappa shape index (κ1) is 29.8. The van der Waals surface area contributed by atoms with Gasteiger partial charge < -0.3 is 20.6 Å². The Hall–Kier alpha value is -3.22. The van der Waals surface area contributed by atoms with Crippen LogP contribution >= 0.6 is 0 Å². The number of H-pyrrole nitrogens is 2. The smallest absolute Gasteiger partial charge is 0.248 e. The molecule has 43 heavy (non-hydrogen) atoms. The first-order chi connectivity index (χ1) is 20.8. The Morgan fingerprint density at radius 2 is 1.12 bits per heavy atom. The predicted molar refractivity (Wildman–Crippen MR) is 175 cm³/mol. The summed E-state index contributed by atoms with van der Waals surface area (Å²) >= 11 is 0. The van der Waals surface area contributed by atoms with E-state index in [-0.39, 0.29) is 22.2 Å². The molecule has 2 aromatic rings. The van der Waals surface area contributed by atoms with E-state index in [0.29, 0.717) is 11.8 Å². The molecule has 0 spiro atoms. The molecule has 228 valence electrons. The fourth-order valence-electron chi connectivity index (χ4n) is 8.92. The van der Waals surface area contributed by atoms with Crippen LogP contribution in [0.3, 0.4) is 0 Å². The molecule has 2 heterocycles. The minimum absolute atomic E-state index is 0.00911. The van der Waals surface area contributed by atoms with Crippen LogP contribution in [0, 0.1) is 11.8 Å². The summed E-state index contributed by atoms with van der Waals surface area (Å²) in [6, 6.07) is 7.48. The molecule has 0 unspecified atom stereocenters. The van der Waals surface area contributed by atoms with Crippen molar-refractivity contribution in [3.05, 3.63) is 114 Å². The molecule has 6 rings (SSSR count). The highest BCUT2D eigenvalue weighted by molar-refractivity contribution is 5.50. The minimum atomic E-state index is -0.214. The Morgan fingerprint density at radius 1 is 0.698 bits per heavy atom. The van der Waals surface area contributed by atoms with Gasteiger partial charge in [0.25, 0.3) is 0 Å². The average molecular weight is 581 g/mol. The van der Waals surface area contributed by atoms with E-state index in [4.69, 9.17) is 0 Å². The third-order valence-electron chi connectivity index (χ3n) is 10.4. The molecule has 0 amide bonds. The summed E-state index contributed by atoms with van der Waals surface area (Å²) < 4.78 is 0. The van der Waals surface area contributed by atoms with Gasteiger partial charge in [0.2, 0.25) is 11.1 Å². The third kappa shape index (κ3) is 5.38. The van der Waals surface area contributed by atoms with E-state index in [9.17, 15) is 9.59 Å². The van der Waals surface area contributed by atoms with Gasteiger partial charge in [-0.2, -0.15) is 0 Å². The molecule has 4 N–H and O–H groups in total. The lowest BCUT2D eigenvalue weighted by molar-refractivity contribution is 0.316. The first-order valence-electron chi connectivity index (χ1n) is 16.4. The van der Waals surface area contributed by atoms with Gasteiger partial charge in [0.1, 0.15) is 0 Å². The number of unbranched alkanes of at least 4 members (excludes halogenated alkanes) is 4. The quantitative estimate of drug-likeness (QED) is 0.198. The van der Waals surface area contributed by atoms with Gasteiger partial charge in [-0.3, -0.25) is 9.59 Å². The van der Waals surface area contributed by atoms with E-state index in [2.05, 4.69) is 84.7 Å². The van der Waals surface area contributed by atoms with Gasteiger partial charge in [-0.25, -0.2) is 0 Å². The molecule has 0 aliphatic heterocycles. The zero-order valence-electron chi connectivity index (χ0n) is 26.4. The molecule has 4 atom stereocenters. The number of hydrogen-bond donors (Lipinski definition) is 4. The van der Waals surface area contributed by atoms with Crippen molar-refractivity contribution >= 4 is 0 Å². The van der Waals surface area contributed by atoms with Crippen LogP contribution in [0.5, 0.6) is 0 Å². The van der Waals surface area contributed by atoms with Crippen LogP contribution in [-0.4, -0.2) is 23.1 Å². The second-order valence-corrected chi connectivity index (χ2v) is 13.4. The van der Waals surface area contributed by atoms with E-state index < -0.39 is 0 Å². The molecular formula is C37H48N4O2. The number of pyridine rings is 2. The molecule has 6 nitrogen and oxygen atoms in total. The molecule has 0 saturated carbocycles. The molecule has 6 heteroatoms. The third-order valence-corrected chi connectivity index (χ3v) is 10.4. The monoisotopic (exact) mass is 580 g/mol. The molecule has 4 aliphatic carbocycles. The summed E-state index contributed by atoms with van der Waals surface area (Å²) in [4.78, 5) is 30.5. The van der Waals surface area contributed by atoms with Crippen LogP contribution in [0.1, 0.15) is 95.2 Å². The lowest BCUT2D eigenvalue weighted by atomic mass is 9.63. The summed E-state index contributed by atoms with van der Waals surface area (Å²) in [5.41, 5.74) is 9.99. The number of rotatable bonds is 10. The van der Waals surface area contributed by atoms with E-state index in [1.165, 1.54) is 52.7 Å².